The summed E-state index contributed by atoms with van der Waals surface area (Å²) in [5, 5.41) is 8.21. The third-order valence-electron chi connectivity index (χ3n) is 4.51. The second-order valence-corrected chi connectivity index (χ2v) is 9.96. The van der Waals surface area contributed by atoms with Crippen molar-refractivity contribution in [3.05, 3.63) is 0 Å². The monoisotopic (exact) mass is 346 g/mol. The molecule has 3 aliphatic rings. The molecule has 0 radical (unpaired) electrons. The van der Waals surface area contributed by atoms with E-state index in [0.717, 1.165) is 65.4 Å². The summed E-state index contributed by atoms with van der Waals surface area (Å²) in [5.74, 6) is 0. The molecule has 22 heavy (non-hydrogen) atoms. The molecule has 0 aromatic rings. The molecule has 2 aliphatic heterocycles. The summed E-state index contributed by atoms with van der Waals surface area (Å²) in [6.07, 6.45) is 6.10. The van der Waals surface area contributed by atoms with E-state index in [0.29, 0.717) is 0 Å². The zero-order valence-electron chi connectivity index (χ0n) is 13.2. The Balaban J connectivity index is 1.73. The van der Waals surface area contributed by atoms with E-state index in [1.807, 2.05) is 0 Å². The number of hydrogen-bond donors (Lipinski definition) is 1. The predicted molar refractivity (Wildman–Crippen MR) is 92.7 cm³/mol. The molecule has 126 valence electrons. The molecule has 0 unspecified atom stereocenters. The normalized spacial score (nSPS) is 25.9. The highest BCUT2D eigenvalue weighted by molar-refractivity contribution is 8.11. The lowest BCUT2D eigenvalue weighted by Gasteiger charge is -2.44. The fourth-order valence-electron chi connectivity index (χ4n) is 3.16. The van der Waals surface area contributed by atoms with Crippen LogP contribution in [0.25, 0.3) is 0 Å². The van der Waals surface area contributed by atoms with Crippen LogP contribution in [-0.2, 0) is 21.3 Å². The molecule has 2 saturated heterocycles. The molecule has 0 bridgehead atoms. The Morgan fingerprint density at radius 1 is 0.864 bits per heavy atom. The van der Waals surface area contributed by atoms with Crippen molar-refractivity contribution in [3.8, 4) is 0 Å². The average molecular weight is 346 g/mol. The number of rotatable bonds is 4. The first kappa shape index (κ1) is 16.8. The number of ether oxygens (including phenoxy) is 2. The number of nitrogens with zero attached hydrogens (tertiary/aromatic N) is 3. The van der Waals surface area contributed by atoms with Crippen LogP contribution in [0.5, 0.6) is 0 Å². The molecule has 2 heterocycles. The molecule has 0 atom stereocenters. The summed E-state index contributed by atoms with van der Waals surface area (Å²) in [4.78, 5) is 0. The second-order valence-electron chi connectivity index (χ2n) is 6.01. The first-order valence-electron chi connectivity index (χ1n) is 8.38. The summed E-state index contributed by atoms with van der Waals surface area (Å²) in [6, 6.07) is 0. The number of hydrazone groups is 1. The highest BCUT2D eigenvalue weighted by Gasteiger charge is 2.34. The second kappa shape index (κ2) is 8.18. The van der Waals surface area contributed by atoms with E-state index in [9.17, 15) is 0 Å². The highest BCUT2D eigenvalue weighted by Crippen LogP contribution is 2.50. The average Bonchev–Trinajstić information content (AvgIpc) is 2.62. The van der Waals surface area contributed by atoms with Crippen LogP contribution >= 0.6 is 6.49 Å². The van der Waals surface area contributed by atoms with Crippen molar-refractivity contribution in [2.45, 2.75) is 32.1 Å². The third-order valence-corrected chi connectivity index (χ3v) is 8.84. The zero-order chi connectivity index (χ0) is 15.3. The minimum Gasteiger partial charge on any atom is -0.379 e. The van der Waals surface area contributed by atoms with Gasteiger partial charge in [-0.25, -0.2) is 9.34 Å². The van der Waals surface area contributed by atoms with E-state index in [-0.39, 0.29) is 0 Å². The van der Waals surface area contributed by atoms with Gasteiger partial charge in [0.1, 0.15) is 0 Å². The van der Waals surface area contributed by atoms with Crippen molar-refractivity contribution in [1.29, 1.82) is 0 Å². The van der Waals surface area contributed by atoms with E-state index in [2.05, 4.69) is 14.5 Å². The standard InChI is InChI=1S/C14H27N4O2PS/c22-21(17-6-10-19-11-7-17,18-8-12-20-13-9-18)16-15-14-4-2-1-3-5-14/h1-13H2,(H,16,22). The topological polar surface area (TPSA) is 49.3 Å². The van der Waals surface area contributed by atoms with Gasteiger partial charge in [-0.05, 0) is 37.5 Å². The van der Waals surface area contributed by atoms with Crippen LogP contribution in [-0.4, -0.2) is 67.7 Å². The summed E-state index contributed by atoms with van der Waals surface area (Å²) < 4.78 is 15.8. The van der Waals surface area contributed by atoms with E-state index in [4.69, 9.17) is 26.4 Å². The summed E-state index contributed by atoms with van der Waals surface area (Å²) in [6.45, 7) is 4.61. The van der Waals surface area contributed by atoms with Gasteiger partial charge in [-0.3, -0.25) is 5.20 Å². The Morgan fingerprint density at radius 2 is 1.36 bits per heavy atom. The van der Waals surface area contributed by atoms with Crippen molar-refractivity contribution < 1.29 is 9.47 Å². The molecule has 6 nitrogen and oxygen atoms in total. The first-order valence-corrected chi connectivity index (χ1v) is 11.1. The fourth-order valence-corrected chi connectivity index (χ4v) is 6.56. The lowest BCUT2D eigenvalue weighted by Crippen LogP contribution is -2.46. The van der Waals surface area contributed by atoms with E-state index < -0.39 is 6.49 Å². The number of nitrogens with one attached hydrogen (secondary N) is 1. The minimum absolute atomic E-state index is 0.765. The van der Waals surface area contributed by atoms with Crippen LogP contribution in [0.3, 0.4) is 0 Å². The zero-order valence-corrected chi connectivity index (χ0v) is 14.9. The van der Waals surface area contributed by atoms with Crippen molar-refractivity contribution in [3.63, 3.8) is 0 Å². The summed E-state index contributed by atoms with van der Waals surface area (Å²) in [5.41, 5.74) is 1.29. The Kier molecular flexibility index (Phi) is 6.24. The maximum Gasteiger partial charge on any atom is 0.183 e. The molecular weight excluding hydrogens is 319 g/mol. The van der Waals surface area contributed by atoms with Crippen molar-refractivity contribution >= 4 is 24.0 Å². The number of morpholine rings is 2. The minimum atomic E-state index is -2.03. The van der Waals surface area contributed by atoms with Gasteiger partial charge in [-0.2, -0.15) is 5.10 Å². The van der Waals surface area contributed by atoms with Crippen molar-refractivity contribution in [1.82, 2.24) is 14.5 Å². The molecule has 8 heteroatoms. The molecule has 0 aromatic carbocycles. The van der Waals surface area contributed by atoms with Crippen LogP contribution in [0, 0.1) is 0 Å². The molecule has 3 fully saturated rings. The van der Waals surface area contributed by atoms with E-state index in [1.165, 1.54) is 25.0 Å². The summed E-state index contributed by atoms with van der Waals surface area (Å²) in [7, 11) is 0. The Labute approximate surface area is 138 Å². The Morgan fingerprint density at radius 3 is 1.86 bits per heavy atom. The Bertz CT molecular complexity index is 407. The molecule has 0 amide bonds. The van der Waals surface area contributed by atoms with Crippen LogP contribution in [0.4, 0.5) is 0 Å². The van der Waals surface area contributed by atoms with Crippen LogP contribution in [0.2, 0.25) is 0 Å². The smallest absolute Gasteiger partial charge is 0.183 e. The maximum absolute atomic E-state index is 6.14. The predicted octanol–water partition coefficient (Wildman–Crippen LogP) is 1.78. The van der Waals surface area contributed by atoms with Gasteiger partial charge in [-0.1, -0.05) is 6.42 Å². The van der Waals surface area contributed by atoms with Gasteiger partial charge >= 0.3 is 0 Å². The van der Waals surface area contributed by atoms with Crippen molar-refractivity contribution in [2.24, 2.45) is 5.10 Å². The van der Waals surface area contributed by atoms with Gasteiger partial charge in [-0.15, -0.1) is 0 Å². The number of hydrogen-bond acceptors (Lipinski definition) is 4. The van der Waals surface area contributed by atoms with E-state index >= 15 is 0 Å². The quantitative estimate of drug-likeness (QED) is 0.619. The molecular formula is C14H27N4O2PS. The van der Waals surface area contributed by atoms with Gasteiger partial charge in [0.2, 0.25) is 0 Å². The van der Waals surface area contributed by atoms with Gasteiger partial charge in [0.15, 0.2) is 6.49 Å². The third kappa shape index (κ3) is 4.08. The van der Waals surface area contributed by atoms with E-state index in [1.54, 1.807) is 0 Å². The SMILES string of the molecule is S=P(NN=C1CCCCC1)(N1CCOCC1)N1CCOCC1. The van der Waals surface area contributed by atoms with Crippen LogP contribution in [0.15, 0.2) is 5.10 Å². The molecule has 1 aliphatic carbocycles. The first-order chi connectivity index (χ1) is 10.8. The van der Waals surface area contributed by atoms with Crippen LogP contribution < -0.4 is 5.20 Å². The molecule has 0 aromatic heterocycles. The van der Waals surface area contributed by atoms with Crippen LogP contribution in [0.1, 0.15) is 32.1 Å². The van der Waals surface area contributed by atoms with Gasteiger partial charge in [0, 0.05) is 31.9 Å². The van der Waals surface area contributed by atoms with Gasteiger partial charge < -0.3 is 9.47 Å². The molecule has 1 saturated carbocycles. The van der Waals surface area contributed by atoms with Crippen molar-refractivity contribution in [2.75, 3.05) is 52.6 Å². The highest BCUT2D eigenvalue weighted by atomic mass is 32.4. The maximum atomic E-state index is 6.14. The Hall–Kier alpha value is -0.0400. The fraction of sp³-hybridized carbons (Fsp3) is 0.929. The summed E-state index contributed by atoms with van der Waals surface area (Å²) >= 11 is 6.14. The van der Waals surface area contributed by atoms with Gasteiger partial charge in [0.05, 0.1) is 26.4 Å². The largest absolute Gasteiger partial charge is 0.379 e. The lowest BCUT2D eigenvalue weighted by atomic mass is 9.99. The molecule has 1 N–H and O–H groups in total. The lowest BCUT2D eigenvalue weighted by molar-refractivity contribution is 0.0569. The molecule has 3 rings (SSSR count). The van der Waals surface area contributed by atoms with Gasteiger partial charge in [0.25, 0.3) is 0 Å². The molecule has 0 spiro atoms.